The summed E-state index contributed by atoms with van der Waals surface area (Å²) in [5.41, 5.74) is 14.0. The van der Waals surface area contributed by atoms with Crippen LogP contribution in [0.3, 0.4) is 0 Å². The first kappa shape index (κ1) is 41.3. The number of benzene rings is 3. The summed E-state index contributed by atoms with van der Waals surface area (Å²) < 4.78 is 22.6. The van der Waals surface area contributed by atoms with Crippen molar-refractivity contribution >= 4 is 22.8 Å². The average Bonchev–Trinajstić information content (AvgIpc) is 3.84. The van der Waals surface area contributed by atoms with Gasteiger partial charge in [-0.05, 0) is 73.2 Å². The van der Waals surface area contributed by atoms with Crippen molar-refractivity contribution in [3.63, 3.8) is 0 Å². The van der Waals surface area contributed by atoms with Crippen LogP contribution in [-0.4, -0.2) is 92.9 Å². The number of carbonyl (C=O) groups excluding carboxylic acids is 1. The summed E-state index contributed by atoms with van der Waals surface area (Å²) >= 11 is 0. The Labute approximate surface area is 343 Å². The van der Waals surface area contributed by atoms with Crippen molar-refractivity contribution in [3.05, 3.63) is 112 Å². The smallest absolute Gasteiger partial charge is 0.329 e. The second-order valence-corrected chi connectivity index (χ2v) is 14.8. The zero-order valence-electron chi connectivity index (χ0n) is 33.7. The van der Waals surface area contributed by atoms with Gasteiger partial charge in [-0.2, -0.15) is 5.10 Å². The highest BCUT2D eigenvalue weighted by molar-refractivity contribution is 5.79. The van der Waals surface area contributed by atoms with E-state index in [1.807, 2.05) is 33.6 Å². The van der Waals surface area contributed by atoms with Gasteiger partial charge in [-0.25, -0.2) is 4.79 Å². The van der Waals surface area contributed by atoms with E-state index < -0.39 is 0 Å². The highest BCUT2D eigenvalue weighted by atomic mass is 16.5. The zero-order valence-corrected chi connectivity index (χ0v) is 33.7. The summed E-state index contributed by atoms with van der Waals surface area (Å²) in [5, 5.41) is 29.5. The van der Waals surface area contributed by atoms with Crippen LogP contribution in [0.4, 0.5) is 5.82 Å². The number of fused-ring (bicyclic) bond motifs is 1. The van der Waals surface area contributed by atoms with Gasteiger partial charge in [0.15, 0.2) is 5.82 Å². The van der Waals surface area contributed by atoms with Crippen molar-refractivity contribution in [3.8, 4) is 28.1 Å². The Morgan fingerprint density at radius 2 is 1.64 bits per heavy atom. The van der Waals surface area contributed by atoms with Gasteiger partial charge in [-0.3, -0.25) is 18.6 Å². The monoisotopic (exact) mass is 803 g/mol. The van der Waals surface area contributed by atoms with Crippen LogP contribution in [0.5, 0.6) is 5.75 Å². The number of para-hydroxylation sites is 1. The summed E-state index contributed by atoms with van der Waals surface area (Å²) in [6, 6.07) is 23.4. The summed E-state index contributed by atoms with van der Waals surface area (Å²) in [7, 11) is 1.80. The molecule has 0 bridgehead atoms. The molecule has 1 aliphatic heterocycles. The Bertz CT molecular complexity index is 2380. The Hall–Kier alpha value is -5.87. The molecule has 1 amide bonds. The van der Waals surface area contributed by atoms with Crippen LogP contribution in [0.25, 0.3) is 33.4 Å². The van der Waals surface area contributed by atoms with Gasteiger partial charge in [-0.1, -0.05) is 42.5 Å². The molecule has 3 aromatic heterocycles. The topological polar surface area (TPSA) is 186 Å². The molecule has 0 saturated carbocycles. The third kappa shape index (κ3) is 10.2. The molecule has 59 heavy (non-hydrogen) atoms. The first-order chi connectivity index (χ1) is 28.8. The van der Waals surface area contributed by atoms with E-state index in [0.29, 0.717) is 81.7 Å². The van der Waals surface area contributed by atoms with Gasteiger partial charge in [0.25, 0.3) is 0 Å². The quantitative estimate of drug-likeness (QED) is 0.0779. The Morgan fingerprint density at radius 1 is 0.898 bits per heavy atom. The number of phenols is 1. The molecule has 0 aliphatic carbocycles. The predicted octanol–water partition coefficient (Wildman–Crippen LogP) is 4.78. The van der Waals surface area contributed by atoms with Crippen LogP contribution in [0.15, 0.2) is 90.0 Å². The lowest BCUT2D eigenvalue weighted by Gasteiger charge is -2.23. The first-order valence-electron chi connectivity index (χ1n) is 20.2. The van der Waals surface area contributed by atoms with Crippen LogP contribution in [0.1, 0.15) is 55.0 Å². The molecule has 0 radical (unpaired) electrons. The molecule has 2 atom stereocenters. The van der Waals surface area contributed by atoms with Gasteiger partial charge in [0.1, 0.15) is 5.75 Å². The number of hydrogen-bond acceptors (Lipinski definition) is 11. The van der Waals surface area contributed by atoms with Crippen LogP contribution in [0, 0.1) is 0 Å². The molecule has 15 heteroatoms. The molecular weight excluding hydrogens is 751 g/mol. The highest BCUT2D eigenvalue weighted by Crippen LogP contribution is 2.32. The summed E-state index contributed by atoms with van der Waals surface area (Å²) in [6.07, 6.45) is 6.54. The van der Waals surface area contributed by atoms with E-state index in [-0.39, 0.29) is 29.4 Å². The number of carbonyl (C=O) groups is 1. The Kier molecular flexibility index (Phi) is 13.8. The lowest BCUT2D eigenvalue weighted by molar-refractivity contribution is -0.122. The van der Waals surface area contributed by atoms with E-state index in [2.05, 4.69) is 69.3 Å². The van der Waals surface area contributed by atoms with Gasteiger partial charge >= 0.3 is 5.69 Å². The third-order valence-corrected chi connectivity index (χ3v) is 10.8. The molecule has 0 spiro atoms. The van der Waals surface area contributed by atoms with E-state index in [1.165, 1.54) is 5.56 Å². The molecule has 1 saturated heterocycles. The van der Waals surface area contributed by atoms with Crippen molar-refractivity contribution in [2.45, 2.75) is 51.2 Å². The number of aromatic hydroxyl groups is 1. The molecule has 1 aliphatic rings. The Morgan fingerprint density at radius 3 is 2.41 bits per heavy atom. The van der Waals surface area contributed by atoms with E-state index in [0.717, 1.165) is 53.7 Å². The van der Waals surface area contributed by atoms with Gasteiger partial charge < -0.3 is 35.7 Å². The van der Waals surface area contributed by atoms with Crippen LogP contribution < -0.4 is 22.1 Å². The molecular formula is C44H53N9O6. The number of rotatable bonds is 20. The number of nitrogen functional groups attached to an aromatic ring is 1. The van der Waals surface area contributed by atoms with Crippen LogP contribution in [-0.2, 0) is 39.0 Å². The highest BCUT2D eigenvalue weighted by Gasteiger charge is 2.24. The van der Waals surface area contributed by atoms with Gasteiger partial charge in [-0.15, -0.1) is 10.2 Å². The first-order valence-corrected chi connectivity index (χ1v) is 20.2. The number of aryl methyl sites for hydroxylation is 2. The predicted molar refractivity (Wildman–Crippen MR) is 226 cm³/mol. The summed E-state index contributed by atoms with van der Waals surface area (Å²) in [5.74, 6) is 0.464. The zero-order chi connectivity index (χ0) is 41.1. The number of hydrogen-bond donors (Lipinski definition) is 4. The lowest BCUT2D eigenvalue weighted by atomic mass is 10.1. The fraction of sp³-hybridized carbons (Fsp3) is 0.386. The molecule has 3 aromatic carbocycles. The fourth-order valence-corrected chi connectivity index (χ4v) is 7.36. The fourth-order valence-electron chi connectivity index (χ4n) is 7.36. The van der Waals surface area contributed by atoms with Gasteiger partial charge in [0, 0.05) is 62.6 Å². The second-order valence-electron chi connectivity index (χ2n) is 14.8. The average molecular weight is 804 g/mol. The minimum atomic E-state index is -0.0493. The number of aromatic nitrogens is 6. The number of nitrogens with one attached hydrogen (secondary N) is 2. The molecule has 15 nitrogen and oxygen atoms in total. The lowest BCUT2D eigenvalue weighted by Crippen LogP contribution is -2.39. The standard InChI is InChI=1S/C44H53N9O6/c1-30(52-29-34(27-48-52)37-25-38(49-50-43(37)45)36-7-3-4-8-41(36)54)33-12-9-32(10-13-33)26-46-17-19-58-21-23-59-22-20-57-18-5-6-31-11-15-39-40(24-31)51(2)44(56)53(39)35-14-16-42(55)47-28-35/h3-4,7-13,15,24-25,27,29-30,35,46,54H,5-6,14,16-23,26,28H2,1-2H3,(H2,45,50)(H,47,55). The Balaban J connectivity index is 0.734. The molecule has 5 N–H and O–H groups in total. The number of phenolic OH excluding ortho intramolecular Hbond substituents is 1. The van der Waals surface area contributed by atoms with Crippen LogP contribution in [0.2, 0.25) is 0 Å². The van der Waals surface area contributed by atoms with Crippen molar-refractivity contribution < 1.29 is 24.1 Å². The summed E-state index contributed by atoms with van der Waals surface area (Å²) in [6.45, 7) is 7.33. The van der Waals surface area contributed by atoms with Crippen molar-refractivity contribution in [1.82, 2.24) is 39.7 Å². The van der Waals surface area contributed by atoms with Gasteiger partial charge in [0.05, 0.1) is 68.0 Å². The van der Waals surface area contributed by atoms with Crippen molar-refractivity contribution in [1.29, 1.82) is 0 Å². The molecule has 4 heterocycles. The minimum Gasteiger partial charge on any atom is -0.507 e. The summed E-state index contributed by atoms with van der Waals surface area (Å²) in [4.78, 5) is 24.6. The van der Waals surface area contributed by atoms with E-state index >= 15 is 0 Å². The number of ether oxygens (including phenoxy) is 3. The SMILES string of the molecule is CC(c1ccc(CNCCOCCOCCOCCCc2ccc3c(c2)n(C)c(=O)n3C2CCC(=O)NC2)cc1)n1cc(-c2cc(-c3ccccc3O)nnc2N)cn1. The van der Waals surface area contributed by atoms with Crippen molar-refractivity contribution in [2.75, 3.05) is 58.5 Å². The molecule has 310 valence electrons. The maximum Gasteiger partial charge on any atom is 0.329 e. The number of piperidine rings is 1. The van der Waals surface area contributed by atoms with E-state index in [4.69, 9.17) is 19.9 Å². The number of nitrogens with zero attached hydrogens (tertiary/aromatic N) is 6. The normalized spacial score (nSPS) is 14.8. The molecule has 2 unspecified atom stereocenters. The molecule has 6 aromatic rings. The third-order valence-electron chi connectivity index (χ3n) is 10.8. The maximum absolute atomic E-state index is 13.0. The number of imidazole rings is 1. The maximum atomic E-state index is 13.0. The number of nitrogens with two attached hydrogens (primary N) is 1. The number of anilines is 1. The number of amides is 1. The van der Waals surface area contributed by atoms with E-state index in [9.17, 15) is 14.7 Å². The second kappa shape index (κ2) is 19.7. The van der Waals surface area contributed by atoms with E-state index in [1.54, 1.807) is 36.0 Å². The molecule has 7 rings (SSSR count). The molecule has 1 fully saturated rings. The minimum absolute atomic E-state index is 0.00635. The van der Waals surface area contributed by atoms with Crippen LogP contribution >= 0.6 is 0 Å². The largest absolute Gasteiger partial charge is 0.507 e. The van der Waals surface area contributed by atoms with Gasteiger partial charge in [0.2, 0.25) is 5.91 Å². The van der Waals surface area contributed by atoms with Crippen molar-refractivity contribution in [2.24, 2.45) is 7.05 Å².